The van der Waals surface area contributed by atoms with E-state index in [-0.39, 0.29) is 25.0 Å². The molecule has 2 N–H and O–H groups in total. The van der Waals surface area contributed by atoms with Gasteiger partial charge >= 0.3 is 6.09 Å². The highest BCUT2D eigenvalue weighted by atomic mass is 16.5. The highest BCUT2D eigenvalue weighted by molar-refractivity contribution is 5.76. The van der Waals surface area contributed by atoms with Crippen LogP contribution in [0.25, 0.3) is 0 Å². The molecule has 1 rings (SSSR count). The van der Waals surface area contributed by atoms with Gasteiger partial charge in [0.2, 0.25) is 5.91 Å². The van der Waals surface area contributed by atoms with E-state index in [9.17, 15) is 9.59 Å². The minimum Gasteiger partial charge on any atom is -0.450 e. The predicted molar refractivity (Wildman–Crippen MR) is 81.7 cm³/mol. The molecule has 2 amide bonds. The van der Waals surface area contributed by atoms with Crippen LogP contribution in [0.15, 0.2) is 30.3 Å². The Balaban J connectivity index is 2.11. The van der Waals surface area contributed by atoms with E-state index in [0.717, 1.165) is 5.56 Å². The number of ether oxygens (including phenoxy) is 1. The highest BCUT2D eigenvalue weighted by Crippen LogP contribution is 2.07. The summed E-state index contributed by atoms with van der Waals surface area (Å²) in [7, 11) is 0. The number of hydrogen-bond donors (Lipinski definition) is 2. The topological polar surface area (TPSA) is 91.2 Å². The maximum atomic E-state index is 11.5. The van der Waals surface area contributed by atoms with Gasteiger partial charge in [-0.05, 0) is 17.9 Å². The van der Waals surface area contributed by atoms with E-state index in [4.69, 9.17) is 10.00 Å². The predicted octanol–water partition coefficient (Wildman–Crippen LogP) is 1.97. The molecule has 0 saturated carbocycles. The Bertz CT molecular complexity index is 511. The van der Waals surface area contributed by atoms with E-state index in [1.807, 2.05) is 43.3 Å². The Kier molecular flexibility index (Phi) is 8.13. The molecule has 0 radical (unpaired) electrons. The molecule has 118 valence electrons. The number of carbonyl (C=O) groups is 2. The van der Waals surface area contributed by atoms with Crippen LogP contribution >= 0.6 is 0 Å². The van der Waals surface area contributed by atoms with Gasteiger partial charge in [0.25, 0.3) is 0 Å². The maximum absolute atomic E-state index is 11.5. The number of carbonyl (C=O) groups excluding carboxylic acids is 2. The third kappa shape index (κ3) is 7.90. The van der Waals surface area contributed by atoms with Gasteiger partial charge in [0.15, 0.2) is 0 Å². The third-order valence-corrected chi connectivity index (χ3v) is 3.02. The van der Waals surface area contributed by atoms with Gasteiger partial charge in [0.1, 0.15) is 6.54 Å². The summed E-state index contributed by atoms with van der Waals surface area (Å²) in [4.78, 5) is 22.9. The van der Waals surface area contributed by atoms with Gasteiger partial charge in [0.05, 0.1) is 12.7 Å². The molecule has 0 aromatic heterocycles. The fourth-order valence-electron chi connectivity index (χ4n) is 1.80. The first-order valence-electron chi connectivity index (χ1n) is 7.20. The molecule has 0 fully saturated rings. The summed E-state index contributed by atoms with van der Waals surface area (Å²) in [6.45, 7) is 2.60. The molecule has 0 bridgehead atoms. The summed E-state index contributed by atoms with van der Waals surface area (Å²) in [5.74, 6) is -0.0804. The standard InChI is InChI=1S/C16H21N3O3/c1-13(11-15(20)18-9-8-17)7-10-22-16(21)19-12-14-5-3-2-4-6-14/h2-6,13H,7,9-12H2,1H3,(H,18,20)(H,19,21). The van der Waals surface area contributed by atoms with E-state index in [1.54, 1.807) is 0 Å². The van der Waals surface area contributed by atoms with Crippen molar-refractivity contribution in [2.75, 3.05) is 13.2 Å². The zero-order valence-corrected chi connectivity index (χ0v) is 12.7. The molecule has 1 unspecified atom stereocenters. The van der Waals surface area contributed by atoms with E-state index < -0.39 is 6.09 Å². The normalized spacial score (nSPS) is 11.1. The lowest BCUT2D eigenvalue weighted by molar-refractivity contribution is -0.121. The summed E-state index contributed by atoms with van der Waals surface area (Å²) in [6.07, 6.45) is 0.445. The van der Waals surface area contributed by atoms with Crippen molar-refractivity contribution in [3.8, 4) is 6.07 Å². The summed E-state index contributed by atoms with van der Waals surface area (Å²) >= 11 is 0. The smallest absolute Gasteiger partial charge is 0.407 e. The van der Waals surface area contributed by atoms with Crippen molar-refractivity contribution >= 4 is 12.0 Å². The number of benzene rings is 1. The highest BCUT2D eigenvalue weighted by Gasteiger charge is 2.10. The number of amides is 2. The van der Waals surface area contributed by atoms with Crippen LogP contribution < -0.4 is 10.6 Å². The minimum absolute atomic E-state index is 0.0178. The number of alkyl carbamates (subject to hydrolysis) is 1. The minimum atomic E-state index is -0.468. The molecule has 6 heteroatoms. The van der Waals surface area contributed by atoms with Crippen LogP contribution in [0.5, 0.6) is 0 Å². The fourth-order valence-corrected chi connectivity index (χ4v) is 1.80. The van der Waals surface area contributed by atoms with Crippen molar-refractivity contribution in [3.05, 3.63) is 35.9 Å². The average molecular weight is 303 g/mol. The molecule has 1 atom stereocenters. The molecule has 6 nitrogen and oxygen atoms in total. The van der Waals surface area contributed by atoms with Crippen LogP contribution in [0.1, 0.15) is 25.3 Å². The van der Waals surface area contributed by atoms with Crippen LogP contribution in [0.4, 0.5) is 4.79 Å². The zero-order chi connectivity index (χ0) is 16.2. The van der Waals surface area contributed by atoms with E-state index in [0.29, 0.717) is 19.4 Å². The lowest BCUT2D eigenvalue weighted by atomic mass is 10.0. The van der Waals surface area contributed by atoms with Crippen molar-refractivity contribution < 1.29 is 14.3 Å². The lowest BCUT2D eigenvalue weighted by Crippen LogP contribution is -2.26. The Morgan fingerprint density at radius 3 is 2.68 bits per heavy atom. The first-order chi connectivity index (χ1) is 10.6. The summed E-state index contributed by atoms with van der Waals surface area (Å²) in [5, 5.41) is 13.5. The quantitative estimate of drug-likeness (QED) is 0.718. The molecule has 0 heterocycles. The molecule has 0 aliphatic carbocycles. The van der Waals surface area contributed by atoms with Crippen molar-refractivity contribution in [1.82, 2.24) is 10.6 Å². The summed E-state index contributed by atoms with van der Waals surface area (Å²) < 4.78 is 5.06. The summed E-state index contributed by atoms with van der Waals surface area (Å²) in [6, 6.07) is 11.4. The first kappa shape index (κ1) is 17.5. The maximum Gasteiger partial charge on any atom is 0.407 e. The Hall–Kier alpha value is -2.55. The molecular formula is C16H21N3O3. The van der Waals surface area contributed by atoms with Gasteiger partial charge < -0.3 is 15.4 Å². The molecule has 1 aromatic rings. The van der Waals surface area contributed by atoms with E-state index in [1.165, 1.54) is 0 Å². The van der Waals surface area contributed by atoms with E-state index >= 15 is 0 Å². The van der Waals surface area contributed by atoms with Crippen molar-refractivity contribution in [2.24, 2.45) is 5.92 Å². The second-order valence-electron chi connectivity index (χ2n) is 5.01. The summed E-state index contributed by atoms with van der Waals surface area (Å²) in [5.41, 5.74) is 1.00. The zero-order valence-electron chi connectivity index (χ0n) is 12.7. The molecule has 0 spiro atoms. The van der Waals surface area contributed by atoms with Crippen LogP contribution in [-0.2, 0) is 16.1 Å². The van der Waals surface area contributed by atoms with Gasteiger partial charge in [0, 0.05) is 13.0 Å². The van der Waals surface area contributed by atoms with Gasteiger partial charge in [-0.25, -0.2) is 4.79 Å². The Labute approximate surface area is 130 Å². The average Bonchev–Trinajstić information content (AvgIpc) is 2.52. The first-order valence-corrected chi connectivity index (χ1v) is 7.20. The second-order valence-corrected chi connectivity index (χ2v) is 5.01. The van der Waals surface area contributed by atoms with Gasteiger partial charge in [-0.1, -0.05) is 37.3 Å². The number of hydrogen-bond acceptors (Lipinski definition) is 4. The molecular weight excluding hydrogens is 282 g/mol. The van der Waals surface area contributed by atoms with Crippen LogP contribution in [0.3, 0.4) is 0 Å². The monoisotopic (exact) mass is 303 g/mol. The van der Waals surface area contributed by atoms with Crippen molar-refractivity contribution in [2.45, 2.75) is 26.3 Å². The number of nitrogens with zero attached hydrogens (tertiary/aromatic N) is 1. The number of nitriles is 1. The van der Waals surface area contributed by atoms with Crippen LogP contribution in [-0.4, -0.2) is 25.2 Å². The second kappa shape index (κ2) is 10.2. The molecule has 0 aliphatic rings. The largest absolute Gasteiger partial charge is 0.450 e. The van der Waals surface area contributed by atoms with Gasteiger partial charge in [-0.2, -0.15) is 5.26 Å². The molecule has 0 aliphatic heterocycles. The van der Waals surface area contributed by atoms with Gasteiger partial charge in [-0.15, -0.1) is 0 Å². The van der Waals surface area contributed by atoms with Crippen molar-refractivity contribution in [3.63, 3.8) is 0 Å². The Morgan fingerprint density at radius 2 is 2.00 bits per heavy atom. The van der Waals surface area contributed by atoms with Crippen molar-refractivity contribution in [1.29, 1.82) is 5.26 Å². The number of rotatable bonds is 8. The lowest BCUT2D eigenvalue weighted by Gasteiger charge is -2.11. The van der Waals surface area contributed by atoms with E-state index in [2.05, 4.69) is 10.6 Å². The SMILES string of the molecule is CC(CCOC(=O)NCc1ccccc1)CC(=O)NCC#N. The molecule has 22 heavy (non-hydrogen) atoms. The third-order valence-electron chi connectivity index (χ3n) is 3.02. The van der Waals surface area contributed by atoms with Crippen LogP contribution in [0.2, 0.25) is 0 Å². The number of nitrogens with one attached hydrogen (secondary N) is 2. The van der Waals surface area contributed by atoms with Gasteiger partial charge in [-0.3, -0.25) is 4.79 Å². The van der Waals surface area contributed by atoms with Crippen LogP contribution in [0, 0.1) is 17.2 Å². The molecule has 1 aromatic carbocycles. The fraction of sp³-hybridized carbons (Fsp3) is 0.438. The molecule has 0 saturated heterocycles. The Morgan fingerprint density at radius 1 is 1.27 bits per heavy atom.